The molecule has 0 spiro atoms. The van der Waals surface area contributed by atoms with Gasteiger partial charge >= 0.3 is 0 Å². The predicted molar refractivity (Wildman–Crippen MR) is 65.2 cm³/mol. The van der Waals surface area contributed by atoms with Crippen molar-refractivity contribution in [3.05, 3.63) is 24.3 Å². The van der Waals surface area contributed by atoms with Gasteiger partial charge < -0.3 is 4.90 Å². The SMILES string of the molecule is CC(C)N(CC1C=CC=C1)C(=S)S. The summed E-state index contributed by atoms with van der Waals surface area (Å²) in [6, 6.07) is 0.424. The molecule has 3 heteroatoms. The van der Waals surface area contributed by atoms with Crippen LogP contribution in [0.3, 0.4) is 0 Å². The monoisotopic (exact) mass is 213 g/mol. The normalized spacial score (nSPS) is 15.7. The van der Waals surface area contributed by atoms with E-state index in [0.717, 1.165) is 6.54 Å². The molecule has 0 aromatic heterocycles. The molecule has 0 fully saturated rings. The van der Waals surface area contributed by atoms with Crippen molar-refractivity contribution >= 4 is 29.2 Å². The van der Waals surface area contributed by atoms with Crippen LogP contribution < -0.4 is 0 Å². The zero-order chi connectivity index (χ0) is 9.84. The summed E-state index contributed by atoms with van der Waals surface area (Å²) in [6.07, 6.45) is 8.51. The van der Waals surface area contributed by atoms with Crippen LogP contribution in [-0.2, 0) is 0 Å². The van der Waals surface area contributed by atoms with Gasteiger partial charge in [-0.15, -0.1) is 12.6 Å². The number of thiocarbonyl (C=S) groups is 1. The van der Waals surface area contributed by atoms with E-state index in [0.29, 0.717) is 16.3 Å². The summed E-state index contributed by atoms with van der Waals surface area (Å²) in [5, 5.41) is 0. The van der Waals surface area contributed by atoms with Crippen LogP contribution in [0.5, 0.6) is 0 Å². The Labute approximate surface area is 90.9 Å². The first-order valence-corrected chi connectivity index (χ1v) is 5.31. The average Bonchev–Trinajstić information content (AvgIpc) is 2.50. The molecule has 0 saturated carbocycles. The molecule has 0 aromatic carbocycles. The molecule has 0 unspecified atom stereocenters. The van der Waals surface area contributed by atoms with E-state index < -0.39 is 0 Å². The molecular formula is C10H15NS2. The molecule has 1 aliphatic carbocycles. The summed E-state index contributed by atoms with van der Waals surface area (Å²) in [4.78, 5) is 2.13. The van der Waals surface area contributed by atoms with Crippen LogP contribution in [0.1, 0.15) is 13.8 Å². The molecule has 13 heavy (non-hydrogen) atoms. The highest BCUT2D eigenvalue weighted by Crippen LogP contribution is 2.14. The largest absolute Gasteiger partial charge is 0.354 e. The third kappa shape index (κ3) is 3.16. The molecule has 0 heterocycles. The van der Waals surface area contributed by atoms with E-state index in [1.807, 2.05) is 0 Å². The van der Waals surface area contributed by atoms with Crippen LogP contribution in [-0.4, -0.2) is 21.8 Å². The molecule has 0 aromatic rings. The number of rotatable bonds is 3. The van der Waals surface area contributed by atoms with Crippen molar-refractivity contribution in [2.45, 2.75) is 19.9 Å². The zero-order valence-corrected chi connectivity index (χ0v) is 9.68. The smallest absolute Gasteiger partial charge is 0.133 e. The maximum Gasteiger partial charge on any atom is 0.133 e. The molecule has 0 N–H and O–H groups in total. The van der Waals surface area contributed by atoms with Crippen LogP contribution in [0.4, 0.5) is 0 Å². The molecular weight excluding hydrogens is 198 g/mol. The number of thiol groups is 1. The minimum Gasteiger partial charge on any atom is -0.354 e. The fourth-order valence-corrected chi connectivity index (χ4v) is 1.93. The molecule has 0 radical (unpaired) electrons. The third-order valence-electron chi connectivity index (χ3n) is 2.10. The first kappa shape index (κ1) is 10.8. The van der Waals surface area contributed by atoms with Crippen molar-refractivity contribution in [1.29, 1.82) is 0 Å². The first-order chi connectivity index (χ1) is 6.11. The average molecular weight is 213 g/mol. The van der Waals surface area contributed by atoms with Gasteiger partial charge in [-0.25, -0.2) is 0 Å². The zero-order valence-electron chi connectivity index (χ0n) is 7.97. The van der Waals surface area contributed by atoms with Crippen molar-refractivity contribution in [1.82, 2.24) is 4.90 Å². The lowest BCUT2D eigenvalue weighted by Crippen LogP contribution is -2.36. The van der Waals surface area contributed by atoms with Crippen molar-refractivity contribution in [2.24, 2.45) is 5.92 Å². The van der Waals surface area contributed by atoms with Gasteiger partial charge in [-0.05, 0) is 13.8 Å². The lowest BCUT2D eigenvalue weighted by Gasteiger charge is -2.28. The summed E-state index contributed by atoms with van der Waals surface area (Å²) < 4.78 is 0.684. The van der Waals surface area contributed by atoms with Crippen LogP contribution in [0.15, 0.2) is 24.3 Å². The van der Waals surface area contributed by atoms with E-state index in [-0.39, 0.29) is 0 Å². The molecule has 1 nitrogen and oxygen atoms in total. The Bertz CT molecular complexity index is 231. The Morgan fingerprint density at radius 1 is 1.46 bits per heavy atom. The lowest BCUT2D eigenvalue weighted by atomic mass is 10.1. The van der Waals surface area contributed by atoms with E-state index in [9.17, 15) is 0 Å². The highest BCUT2D eigenvalue weighted by atomic mass is 32.1. The van der Waals surface area contributed by atoms with Gasteiger partial charge in [0.05, 0.1) is 0 Å². The highest BCUT2D eigenvalue weighted by Gasteiger charge is 2.14. The summed E-state index contributed by atoms with van der Waals surface area (Å²) >= 11 is 9.28. The molecule has 0 saturated heterocycles. The van der Waals surface area contributed by atoms with Crippen LogP contribution >= 0.6 is 24.8 Å². The van der Waals surface area contributed by atoms with Crippen molar-refractivity contribution in [3.8, 4) is 0 Å². The molecule has 72 valence electrons. The number of nitrogens with zero attached hydrogens (tertiary/aromatic N) is 1. The van der Waals surface area contributed by atoms with Gasteiger partial charge in [-0.3, -0.25) is 0 Å². The Kier molecular flexibility index (Phi) is 4.00. The second kappa shape index (κ2) is 4.82. The van der Waals surface area contributed by atoms with Crippen molar-refractivity contribution in [3.63, 3.8) is 0 Å². The predicted octanol–water partition coefficient (Wildman–Crippen LogP) is 2.65. The standard InChI is InChI=1S/C10H15NS2/c1-8(2)11(10(12)13)7-9-5-3-4-6-9/h3-6,8-9H,7H2,1-2H3,(H,12,13). The first-order valence-electron chi connectivity index (χ1n) is 4.46. The Morgan fingerprint density at radius 2 is 2.00 bits per heavy atom. The Morgan fingerprint density at radius 3 is 2.38 bits per heavy atom. The van der Waals surface area contributed by atoms with Crippen LogP contribution in [0, 0.1) is 5.92 Å². The van der Waals surface area contributed by atoms with Crippen molar-refractivity contribution < 1.29 is 0 Å². The second-order valence-corrected chi connectivity index (χ2v) is 4.58. The van der Waals surface area contributed by atoms with Crippen LogP contribution in [0.2, 0.25) is 0 Å². The van der Waals surface area contributed by atoms with Gasteiger partial charge in [0.2, 0.25) is 0 Å². The molecule has 0 amide bonds. The molecule has 0 atom stereocenters. The molecule has 0 aliphatic heterocycles. The number of hydrogen-bond acceptors (Lipinski definition) is 1. The fourth-order valence-electron chi connectivity index (χ4n) is 1.34. The van der Waals surface area contributed by atoms with Gasteiger partial charge in [0.15, 0.2) is 0 Å². The van der Waals surface area contributed by atoms with E-state index in [1.165, 1.54) is 0 Å². The quantitative estimate of drug-likeness (QED) is 0.567. The summed E-state index contributed by atoms with van der Waals surface area (Å²) in [7, 11) is 0. The highest BCUT2D eigenvalue weighted by molar-refractivity contribution is 8.10. The third-order valence-corrected chi connectivity index (χ3v) is 2.60. The number of allylic oxidation sites excluding steroid dienone is 2. The molecule has 0 bridgehead atoms. The van der Waals surface area contributed by atoms with Gasteiger partial charge in [-0.1, -0.05) is 36.5 Å². The van der Waals surface area contributed by atoms with E-state index >= 15 is 0 Å². The molecule has 1 aliphatic rings. The Hall–Kier alpha value is -0.280. The van der Waals surface area contributed by atoms with E-state index in [4.69, 9.17) is 12.2 Å². The van der Waals surface area contributed by atoms with Crippen LogP contribution in [0.25, 0.3) is 0 Å². The summed E-state index contributed by atoms with van der Waals surface area (Å²) in [5.74, 6) is 0.493. The topological polar surface area (TPSA) is 3.24 Å². The fraction of sp³-hybridized carbons (Fsp3) is 0.500. The van der Waals surface area contributed by atoms with E-state index in [2.05, 4.69) is 55.7 Å². The van der Waals surface area contributed by atoms with Gasteiger partial charge in [0.1, 0.15) is 4.32 Å². The maximum atomic E-state index is 5.07. The maximum absolute atomic E-state index is 5.07. The second-order valence-electron chi connectivity index (χ2n) is 3.46. The minimum atomic E-state index is 0.424. The number of hydrogen-bond donors (Lipinski definition) is 1. The lowest BCUT2D eigenvalue weighted by molar-refractivity contribution is 0.346. The molecule has 1 rings (SSSR count). The van der Waals surface area contributed by atoms with Gasteiger partial charge in [0.25, 0.3) is 0 Å². The van der Waals surface area contributed by atoms with Crippen molar-refractivity contribution in [2.75, 3.05) is 6.54 Å². The minimum absolute atomic E-state index is 0.424. The van der Waals surface area contributed by atoms with Gasteiger partial charge in [-0.2, -0.15) is 0 Å². The Balaban J connectivity index is 2.52. The summed E-state index contributed by atoms with van der Waals surface area (Å²) in [5.41, 5.74) is 0. The van der Waals surface area contributed by atoms with Gasteiger partial charge in [0, 0.05) is 18.5 Å². The summed E-state index contributed by atoms with van der Waals surface area (Å²) in [6.45, 7) is 5.20. The van der Waals surface area contributed by atoms with E-state index in [1.54, 1.807) is 0 Å².